The monoisotopic (exact) mass is 184 g/mol. The zero-order chi connectivity index (χ0) is 10.3. The van der Waals surface area contributed by atoms with Crippen molar-refractivity contribution in [1.82, 2.24) is 0 Å². The summed E-state index contributed by atoms with van der Waals surface area (Å²) < 4.78 is 0. The van der Waals surface area contributed by atoms with Gasteiger partial charge in [0.2, 0.25) is 0 Å². The van der Waals surface area contributed by atoms with Gasteiger partial charge in [0.15, 0.2) is 0 Å². The van der Waals surface area contributed by atoms with Gasteiger partial charge in [-0.3, -0.25) is 4.79 Å². The summed E-state index contributed by atoms with van der Waals surface area (Å²) in [6.45, 7) is 0.869. The molecule has 8 heteroatoms. The average molecular weight is 184 g/mol. The minimum absolute atomic E-state index is 0.238. The lowest BCUT2D eigenvalue weighted by Gasteiger charge is -2.18. The number of nitrogens with zero attached hydrogens (tertiary/aromatic N) is 6. The van der Waals surface area contributed by atoms with Crippen molar-refractivity contribution in [2.75, 3.05) is 13.1 Å². The average Bonchev–Trinajstić information content (AvgIpc) is 2.11. The second-order valence-corrected chi connectivity index (χ2v) is 2.64. The summed E-state index contributed by atoms with van der Waals surface area (Å²) in [5, 5.41) is 15.0. The standard InChI is InChI=1S/C5H8N6O2/c1-5(4(12)13,2-8-10-6)3-9-11-7/h2-3H2,1H3,(H,12,13). The van der Waals surface area contributed by atoms with Gasteiger partial charge in [0.1, 0.15) is 0 Å². The van der Waals surface area contributed by atoms with Crippen LogP contribution in [0.1, 0.15) is 6.92 Å². The highest BCUT2D eigenvalue weighted by Crippen LogP contribution is 2.17. The van der Waals surface area contributed by atoms with Crippen LogP contribution in [0, 0.1) is 5.41 Å². The molecule has 0 radical (unpaired) electrons. The molecule has 0 heterocycles. The normalized spacial score (nSPS) is 13.3. The van der Waals surface area contributed by atoms with E-state index in [1.807, 2.05) is 0 Å². The maximum Gasteiger partial charge on any atom is 0.309 e. The molecule has 0 atom stereocenters. The molecule has 0 aliphatic carbocycles. The molecule has 0 rings (SSSR count). The molecular formula is C5H8N6O2. The molecular weight excluding hydrogens is 176 g/mol. The van der Waals surface area contributed by atoms with Crippen LogP contribution in [0.2, 0.25) is 0 Å². The molecule has 1 N–H and O–H groups in total. The predicted octanol–water partition coefficient (Wildman–Crippen LogP) is 1.70. The number of aliphatic carboxylic acids is 1. The lowest BCUT2D eigenvalue weighted by molar-refractivity contribution is -0.146. The van der Waals surface area contributed by atoms with E-state index in [4.69, 9.17) is 16.2 Å². The number of carbonyl (C=O) groups is 1. The van der Waals surface area contributed by atoms with E-state index in [9.17, 15) is 4.79 Å². The van der Waals surface area contributed by atoms with E-state index < -0.39 is 11.4 Å². The molecule has 0 aliphatic rings. The van der Waals surface area contributed by atoms with Crippen LogP contribution in [0.5, 0.6) is 0 Å². The van der Waals surface area contributed by atoms with E-state index in [1.165, 1.54) is 6.92 Å². The zero-order valence-electron chi connectivity index (χ0n) is 6.95. The topological polar surface area (TPSA) is 135 Å². The Bertz CT molecular complexity index is 267. The minimum atomic E-state index is -1.32. The number of azide groups is 2. The van der Waals surface area contributed by atoms with Crippen LogP contribution in [0.15, 0.2) is 10.2 Å². The van der Waals surface area contributed by atoms with Crippen LogP contribution in [-0.2, 0) is 4.79 Å². The molecule has 70 valence electrons. The first-order valence-electron chi connectivity index (χ1n) is 3.32. The van der Waals surface area contributed by atoms with Gasteiger partial charge < -0.3 is 5.11 Å². The van der Waals surface area contributed by atoms with Gasteiger partial charge in [-0.15, -0.1) is 0 Å². The molecule has 0 unspecified atom stereocenters. The summed E-state index contributed by atoms with van der Waals surface area (Å²) >= 11 is 0. The number of carboxylic acids is 1. The number of carboxylic acid groups (broad SMARTS) is 1. The van der Waals surface area contributed by atoms with Gasteiger partial charge in [-0.25, -0.2) is 0 Å². The maximum atomic E-state index is 10.7. The fourth-order valence-electron chi connectivity index (χ4n) is 0.561. The maximum absolute atomic E-state index is 10.7. The van der Waals surface area contributed by atoms with E-state index in [0.717, 1.165) is 0 Å². The molecule has 0 saturated heterocycles. The number of hydrogen-bond donors (Lipinski definition) is 1. The van der Waals surface area contributed by atoms with Gasteiger partial charge in [0, 0.05) is 22.9 Å². The molecule has 0 aliphatic heterocycles. The Morgan fingerprint density at radius 3 is 2.00 bits per heavy atom. The summed E-state index contributed by atoms with van der Waals surface area (Å²) in [7, 11) is 0. The van der Waals surface area contributed by atoms with E-state index in [2.05, 4.69) is 20.1 Å². The highest BCUT2D eigenvalue weighted by molar-refractivity contribution is 5.74. The van der Waals surface area contributed by atoms with Crippen molar-refractivity contribution in [3.05, 3.63) is 20.9 Å². The Balaban J connectivity index is 4.60. The van der Waals surface area contributed by atoms with Gasteiger partial charge in [0.25, 0.3) is 0 Å². The number of rotatable bonds is 5. The Morgan fingerprint density at radius 1 is 1.38 bits per heavy atom. The quantitative estimate of drug-likeness (QED) is 0.395. The van der Waals surface area contributed by atoms with Crippen molar-refractivity contribution in [3.8, 4) is 0 Å². The summed E-state index contributed by atoms with van der Waals surface area (Å²) in [5.41, 5.74) is 14.7. The Hall–Kier alpha value is -1.91. The molecule has 8 nitrogen and oxygen atoms in total. The smallest absolute Gasteiger partial charge is 0.309 e. The Kier molecular flexibility index (Phi) is 4.15. The van der Waals surface area contributed by atoms with Crippen molar-refractivity contribution in [3.63, 3.8) is 0 Å². The van der Waals surface area contributed by atoms with Gasteiger partial charge in [-0.05, 0) is 18.0 Å². The molecule has 0 spiro atoms. The third kappa shape index (κ3) is 3.33. The van der Waals surface area contributed by atoms with Crippen molar-refractivity contribution < 1.29 is 9.90 Å². The van der Waals surface area contributed by atoms with E-state index in [0.29, 0.717) is 0 Å². The van der Waals surface area contributed by atoms with Gasteiger partial charge in [-0.1, -0.05) is 10.2 Å². The first kappa shape index (κ1) is 11.1. The van der Waals surface area contributed by atoms with Crippen molar-refractivity contribution in [1.29, 1.82) is 0 Å². The van der Waals surface area contributed by atoms with Gasteiger partial charge >= 0.3 is 5.97 Å². The van der Waals surface area contributed by atoms with E-state index in [-0.39, 0.29) is 13.1 Å². The third-order valence-corrected chi connectivity index (χ3v) is 1.48. The zero-order valence-corrected chi connectivity index (χ0v) is 6.95. The van der Waals surface area contributed by atoms with Crippen LogP contribution < -0.4 is 0 Å². The molecule has 0 fully saturated rings. The SMILES string of the molecule is CC(CN=[N+]=[N-])(CN=[N+]=[N-])C(=O)O. The van der Waals surface area contributed by atoms with Gasteiger partial charge in [-0.2, -0.15) is 0 Å². The summed E-state index contributed by atoms with van der Waals surface area (Å²) in [6, 6.07) is 0. The summed E-state index contributed by atoms with van der Waals surface area (Å²) in [6.07, 6.45) is 0. The molecule has 0 saturated carbocycles. The van der Waals surface area contributed by atoms with Gasteiger partial charge in [0.05, 0.1) is 5.41 Å². The lowest BCUT2D eigenvalue weighted by Crippen LogP contribution is -2.33. The minimum Gasteiger partial charge on any atom is -0.481 e. The third-order valence-electron chi connectivity index (χ3n) is 1.48. The lowest BCUT2D eigenvalue weighted by atomic mass is 9.91. The van der Waals surface area contributed by atoms with Crippen LogP contribution >= 0.6 is 0 Å². The second-order valence-electron chi connectivity index (χ2n) is 2.64. The highest BCUT2D eigenvalue weighted by Gasteiger charge is 2.31. The molecule has 0 aromatic carbocycles. The summed E-state index contributed by atoms with van der Waals surface area (Å²) in [5.74, 6) is -1.16. The Labute approximate surface area is 73.4 Å². The fourth-order valence-corrected chi connectivity index (χ4v) is 0.561. The first-order valence-corrected chi connectivity index (χ1v) is 3.32. The molecule has 13 heavy (non-hydrogen) atoms. The molecule has 0 aromatic rings. The first-order chi connectivity index (χ1) is 6.06. The predicted molar refractivity (Wildman–Crippen MR) is 43.8 cm³/mol. The van der Waals surface area contributed by atoms with Crippen LogP contribution in [0.4, 0.5) is 0 Å². The fraction of sp³-hybridized carbons (Fsp3) is 0.800. The van der Waals surface area contributed by atoms with Crippen molar-refractivity contribution in [2.24, 2.45) is 15.6 Å². The van der Waals surface area contributed by atoms with Crippen LogP contribution in [-0.4, -0.2) is 24.2 Å². The molecule has 0 amide bonds. The van der Waals surface area contributed by atoms with Crippen molar-refractivity contribution >= 4 is 5.97 Å². The van der Waals surface area contributed by atoms with Crippen molar-refractivity contribution in [2.45, 2.75) is 6.92 Å². The van der Waals surface area contributed by atoms with Crippen LogP contribution in [0.25, 0.3) is 20.9 Å². The number of hydrogen-bond acceptors (Lipinski definition) is 3. The summed E-state index contributed by atoms with van der Waals surface area (Å²) in [4.78, 5) is 15.5. The largest absolute Gasteiger partial charge is 0.481 e. The molecule has 0 bridgehead atoms. The highest BCUT2D eigenvalue weighted by atomic mass is 16.4. The Morgan fingerprint density at radius 2 is 1.77 bits per heavy atom. The van der Waals surface area contributed by atoms with Crippen LogP contribution in [0.3, 0.4) is 0 Å². The second kappa shape index (κ2) is 4.87. The molecule has 0 aromatic heterocycles. The van der Waals surface area contributed by atoms with E-state index in [1.54, 1.807) is 0 Å². The van der Waals surface area contributed by atoms with E-state index >= 15 is 0 Å².